The van der Waals surface area contributed by atoms with Gasteiger partial charge in [0.05, 0.1) is 32.4 Å². The lowest BCUT2D eigenvalue weighted by atomic mass is 10.2. The molecule has 0 aliphatic rings. The minimum Gasteiger partial charge on any atom is -0.326 e. The maximum atomic E-state index is 9.72. The second-order valence-electron chi connectivity index (χ2n) is 5.89. The summed E-state index contributed by atoms with van der Waals surface area (Å²) in [6.07, 6.45) is 9.32. The highest BCUT2D eigenvalue weighted by Crippen LogP contribution is 2.10. The Kier molecular flexibility index (Phi) is 14.5. The molecule has 0 rings (SSSR count). The third-order valence-electron chi connectivity index (χ3n) is 3.48. The van der Waals surface area contributed by atoms with Crippen LogP contribution in [0.4, 0.5) is 0 Å². The molecule has 0 unspecified atom stereocenters. The second-order valence-corrected chi connectivity index (χ2v) is 7.39. The first kappa shape index (κ1) is 22.9. The van der Waals surface area contributed by atoms with Crippen LogP contribution in [0, 0.1) is 0 Å². The van der Waals surface area contributed by atoms with Gasteiger partial charge in [-0.05, 0) is 19.3 Å². The molecular formula is C16H36NO3S+. The van der Waals surface area contributed by atoms with E-state index in [0.717, 1.165) is 6.08 Å². The summed E-state index contributed by atoms with van der Waals surface area (Å²) < 4.78 is 28.7. The second kappa shape index (κ2) is 13.3. The number of rotatable bonds is 11. The summed E-state index contributed by atoms with van der Waals surface area (Å²) in [5.41, 5.74) is 0. The van der Waals surface area contributed by atoms with Crippen molar-refractivity contribution < 1.29 is 17.5 Å². The number of unbranched alkanes of at least 4 members (excludes halogenated alkanes) is 3. The van der Waals surface area contributed by atoms with Crippen molar-refractivity contribution in [2.75, 3.05) is 32.4 Å². The smallest absolute Gasteiger partial charge is 0.268 e. The van der Waals surface area contributed by atoms with Crippen LogP contribution >= 0.6 is 0 Å². The number of quaternary nitrogens is 1. The molecule has 0 atom stereocenters. The fourth-order valence-corrected chi connectivity index (χ4v) is 2.40. The first-order valence-corrected chi connectivity index (χ1v) is 9.75. The van der Waals surface area contributed by atoms with E-state index >= 15 is 0 Å². The van der Waals surface area contributed by atoms with E-state index in [0.29, 0.717) is 0 Å². The van der Waals surface area contributed by atoms with Gasteiger partial charge in [0, 0.05) is 0 Å². The monoisotopic (exact) mass is 322 g/mol. The summed E-state index contributed by atoms with van der Waals surface area (Å²) in [6, 6.07) is 0. The molecule has 0 aromatic rings. The minimum atomic E-state index is -3.79. The maximum Gasteiger partial charge on any atom is 0.268 e. The molecule has 0 aliphatic carbocycles. The SMILES string of the molecule is C=CCS(=O)(=O)O.CCCC[N+](C)(CCCC)CCCC. The topological polar surface area (TPSA) is 54.4 Å². The highest BCUT2D eigenvalue weighted by atomic mass is 32.2. The van der Waals surface area contributed by atoms with Gasteiger partial charge < -0.3 is 4.48 Å². The Hall–Kier alpha value is -0.390. The molecule has 0 fully saturated rings. The molecule has 0 heterocycles. The average molecular weight is 323 g/mol. The minimum absolute atomic E-state index is 0.368. The summed E-state index contributed by atoms with van der Waals surface area (Å²) >= 11 is 0. The van der Waals surface area contributed by atoms with Crippen LogP contribution in [0.1, 0.15) is 59.3 Å². The van der Waals surface area contributed by atoms with Gasteiger partial charge in [-0.1, -0.05) is 46.1 Å². The molecule has 0 bridgehead atoms. The molecule has 5 heteroatoms. The molecule has 128 valence electrons. The number of nitrogens with zero attached hydrogens (tertiary/aromatic N) is 1. The van der Waals surface area contributed by atoms with Gasteiger partial charge in [0.2, 0.25) is 0 Å². The van der Waals surface area contributed by atoms with Crippen LogP contribution in [0.2, 0.25) is 0 Å². The highest BCUT2D eigenvalue weighted by Gasteiger charge is 2.18. The van der Waals surface area contributed by atoms with Crippen LogP contribution < -0.4 is 0 Å². The highest BCUT2D eigenvalue weighted by molar-refractivity contribution is 7.85. The van der Waals surface area contributed by atoms with E-state index in [1.165, 1.54) is 62.6 Å². The molecule has 0 spiro atoms. The van der Waals surface area contributed by atoms with Crippen LogP contribution in [0.5, 0.6) is 0 Å². The van der Waals surface area contributed by atoms with Crippen LogP contribution in [-0.4, -0.2) is 49.9 Å². The summed E-state index contributed by atoms with van der Waals surface area (Å²) in [6.45, 7) is 14.1. The van der Waals surface area contributed by atoms with Crippen molar-refractivity contribution in [3.63, 3.8) is 0 Å². The van der Waals surface area contributed by atoms with Gasteiger partial charge in [-0.3, -0.25) is 4.55 Å². The first-order valence-electron chi connectivity index (χ1n) is 8.14. The average Bonchev–Trinajstić information content (AvgIpc) is 2.40. The molecule has 1 N–H and O–H groups in total. The van der Waals surface area contributed by atoms with E-state index in [2.05, 4.69) is 34.4 Å². The summed E-state index contributed by atoms with van der Waals surface area (Å²) in [7, 11) is -1.35. The molecule has 0 aromatic heterocycles. The zero-order valence-electron chi connectivity index (χ0n) is 14.5. The van der Waals surface area contributed by atoms with Crippen molar-refractivity contribution in [2.45, 2.75) is 59.3 Å². The van der Waals surface area contributed by atoms with Crippen molar-refractivity contribution >= 4 is 10.1 Å². The Labute approximate surface area is 132 Å². The Bertz CT molecular complexity index is 318. The van der Waals surface area contributed by atoms with Gasteiger partial charge in [-0.25, -0.2) is 0 Å². The largest absolute Gasteiger partial charge is 0.326 e. The standard InChI is InChI=1S/C13H30N.C3H6O3S/c1-5-8-11-14(4,12-9-6-2)13-10-7-3;1-2-3-7(4,5)6/h5-13H2,1-4H3;2H,1,3H2,(H,4,5,6)/q+1;. The van der Waals surface area contributed by atoms with Crippen LogP contribution in [0.3, 0.4) is 0 Å². The third kappa shape index (κ3) is 17.6. The number of hydrogen-bond acceptors (Lipinski definition) is 2. The van der Waals surface area contributed by atoms with Crippen molar-refractivity contribution in [3.05, 3.63) is 12.7 Å². The molecule has 0 saturated carbocycles. The molecule has 0 saturated heterocycles. The van der Waals surface area contributed by atoms with Crippen molar-refractivity contribution in [3.8, 4) is 0 Å². The van der Waals surface area contributed by atoms with Gasteiger partial charge in [0.25, 0.3) is 10.1 Å². The van der Waals surface area contributed by atoms with E-state index in [4.69, 9.17) is 4.55 Å². The number of hydrogen-bond donors (Lipinski definition) is 1. The third-order valence-corrected chi connectivity index (χ3v) is 4.14. The Morgan fingerprint density at radius 3 is 1.43 bits per heavy atom. The molecule has 0 aliphatic heterocycles. The quantitative estimate of drug-likeness (QED) is 0.357. The summed E-state index contributed by atoms with van der Waals surface area (Å²) in [5.74, 6) is -0.368. The van der Waals surface area contributed by atoms with Gasteiger partial charge in [0.15, 0.2) is 0 Å². The van der Waals surface area contributed by atoms with E-state index < -0.39 is 10.1 Å². The molecule has 0 aromatic carbocycles. The van der Waals surface area contributed by atoms with Gasteiger partial charge >= 0.3 is 0 Å². The van der Waals surface area contributed by atoms with Gasteiger partial charge in [-0.2, -0.15) is 8.42 Å². The molecular weight excluding hydrogens is 286 g/mol. The van der Waals surface area contributed by atoms with Gasteiger partial charge in [0.1, 0.15) is 0 Å². The van der Waals surface area contributed by atoms with Crippen LogP contribution in [0.25, 0.3) is 0 Å². The molecule has 0 radical (unpaired) electrons. The van der Waals surface area contributed by atoms with E-state index in [1.807, 2.05) is 0 Å². The van der Waals surface area contributed by atoms with Crippen LogP contribution in [-0.2, 0) is 10.1 Å². The van der Waals surface area contributed by atoms with Crippen molar-refractivity contribution in [1.82, 2.24) is 0 Å². The molecule has 4 nitrogen and oxygen atoms in total. The summed E-state index contributed by atoms with van der Waals surface area (Å²) in [5, 5.41) is 0. The normalized spacial score (nSPS) is 11.7. The predicted octanol–water partition coefficient (Wildman–Crippen LogP) is 3.89. The predicted molar refractivity (Wildman–Crippen MR) is 92.1 cm³/mol. The molecule has 0 amide bonds. The zero-order valence-corrected chi connectivity index (χ0v) is 15.3. The lowest BCUT2D eigenvalue weighted by molar-refractivity contribution is -0.910. The maximum absolute atomic E-state index is 9.72. The van der Waals surface area contributed by atoms with E-state index in [9.17, 15) is 8.42 Å². The lowest BCUT2D eigenvalue weighted by Gasteiger charge is -2.34. The van der Waals surface area contributed by atoms with E-state index in [1.54, 1.807) is 0 Å². The fourth-order valence-electron chi connectivity index (χ4n) is 2.10. The summed E-state index contributed by atoms with van der Waals surface area (Å²) in [4.78, 5) is 0. The fraction of sp³-hybridized carbons (Fsp3) is 0.875. The lowest BCUT2D eigenvalue weighted by Crippen LogP contribution is -2.46. The van der Waals surface area contributed by atoms with Crippen molar-refractivity contribution in [1.29, 1.82) is 0 Å². The Morgan fingerprint density at radius 2 is 1.29 bits per heavy atom. The Morgan fingerprint density at radius 1 is 0.952 bits per heavy atom. The zero-order chi connectivity index (χ0) is 16.8. The van der Waals surface area contributed by atoms with Gasteiger partial charge in [-0.15, -0.1) is 6.58 Å². The van der Waals surface area contributed by atoms with E-state index in [-0.39, 0.29) is 5.75 Å². The van der Waals surface area contributed by atoms with Crippen LogP contribution in [0.15, 0.2) is 12.7 Å². The first-order chi connectivity index (χ1) is 9.74. The molecule has 21 heavy (non-hydrogen) atoms. The Balaban J connectivity index is 0. The van der Waals surface area contributed by atoms with Crippen molar-refractivity contribution in [2.24, 2.45) is 0 Å².